The predicted octanol–water partition coefficient (Wildman–Crippen LogP) is 2.80. The molecule has 1 amide bonds. The maximum Gasteiger partial charge on any atom is 0.407 e. The van der Waals surface area contributed by atoms with Crippen molar-refractivity contribution in [3.05, 3.63) is 28.8 Å². The number of carbonyl (C=O) groups is 1. The highest BCUT2D eigenvalue weighted by Gasteiger charge is 2.44. The van der Waals surface area contributed by atoms with Crippen LogP contribution in [-0.4, -0.2) is 42.8 Å². The van der Waals surface area contributed by atoms with Crippen molar-refractivity contribution in [2.45, 2.75) is 18.3 Å². The number of fused-ring (bicyclic) bond motifs is 2. The van der Waals surface area contributed by atoms with E-state index in [1.807, 2.05) is 12.1 Å². The Bertz CT molecular complexity index is 524. The van der Waals surface area contributed by atoms with E-state index >= 15 is 0 Å². The fourth-order valence-corrected chi connectivity index (χ4v) is 3.82. The lowest BCUT2D eigenvalue weighted by molar-refractivity contribution is 0.119. The molecule has 0 saturated carbocycles. The number of rotatable bonds is 0. The minimum absolute atomic E-state index is 0.0704. The van der Waals surface area contributed by atoms with Crippen molar-refractivity contribution in [2.24, 2.45) is 0 Å². The summed E-state index contributed by atoms with van der Waals surface area (Å²) in [6.45, 7) is 2.14. The average molecular weight is 281 g/mol. The first kappa shape index (κ1) is 12.6. The Hall–Kier alpha value is -1.42. The number of benzene rings is 1. The number of nitrogens with zero attached hydrogens (tertiary/aromatic N) is 2. The van der Waals surface area contributed by atoms with Crippen LogP contribution in [0.2, 0.25) is 5.02 Å². The smallest absolute Gasteiger partial charge is 0.407 e. The van der Waals surface area contributed by atoms with Crippen molar-refractivity contribution in [3.63, 3.8) is 0 Å². The average Bonchev–Trinajstić information content (AvgIpc) is 2.64. The van der Waals surface area contributed by atoms with Crippen LogP contribution in [0.5, 0.6) is 0 Å². The molecular formula is C14H17ClN2O2. The number of amides is 1. The zero-order chi connectivity index (χ0) is 13.6. The summed E-state index contributed by atoms with van der Waals surface area (Å²) >= 11 is 6.30. The van der Waals surface area contributed by atoms with Crippen molar-refractivity contribution < 1.29 is 9.90 Å². The first-order valence-corrected chi connectivity index (χ1v) is 6.89. The summed E-state index contributed by atoms with van der Waals surface area (Å²) in [6, 6.07) is 6.05. The maximum atomic E-state index is 11.0. The predicted molar refractivity (Wildman–Crippen MR) is 75.2 cm³/mol. The Morgan fingerprint density at radius 2 is 2.05 bits per heavy atom. The van der Waals surface area contributed by atoms with Crippen LogP contribution in [0.1, 0.15) is 18.4 Å². The summed E-state index contributed by atoms with van der Waals surface area (Å²) < 4.78 is 0. The number of para-hydroxylation sites is 1. The Morgan fingerprint density at radius 3 is 2.68 bits per heavy atom. The molecule has 2 aliphatic heterocycles. The molecule has 1 spiro atoms. The van der Waals surface area contributed by atoms with E-state index < -0.39 is 6.09 Å². The minimum atomic E-state index is -0.812. The van der Waals surface area contributed by atoms with Crippen molar-refractivity contribution in [1.82, 2.24) is 4.90 Å². The van der Waals surface area contributed by atoms with Crippen LogP contribution in [0, 0.1) is 0 Å². The van der Waals surface area contributed by atoms with Crippen molar-refractivity contribution in [1.29, 1.82) is 0 Å². The van der Waals surface area contributed by atoms with E-state index in [0.29, 0.717) is 13.1 Å². The van der Waals surface area contributed by atoms with E-state index in [0.717, 1.165) is 30.1 Å². The molecule has 1 saturated heterocycles. The van der Waals surface area contributed by atoms with Gasteiger partial charge >= 0.3 is 6.09 Å². The summed E-state index contributed by atoms with van der Waals surface area (Å²) in [5.41, 5.74) is 2.47. The van der Waals surface area contributed by atoms with Crippen LogP contribution in [0.15, 0.2) is 18.2 Å². The standard InChI is InChI=1S/C14H17ClN2O2/c1-16-9-14(5-7-17(8-6-14)13(18)19)10-3-2-4-11(15)12(10)16/h2-4H,5-9H2,1H3,(H,18,19). The second kappa shape index (κ2) is 4.30. The summed E-state index contributed by atoms with van der Waals surface area (Å²) in [7, 11) is 2.06. The van der Waals surface area contributed by atoms with Gasteiger partial charge in [-0.25, -0.2) is 4.79 Å². The van der Waals surface area contributed by atoms with Gasteiger partial charge in [-0.15, -0.1) is 0 Å². The van der Waals surface area contributed by atoms with Crippen molar-refractivity contribution in [3.8, 4) is 0 Å². The molecule has 0 radical (unpaired) electrons. The molecule has 4 nitrogen and oxygen atoms in total. The van der Waals surface area contributed by atoms with Gasteiger partial charge in [-0.3, -0.25) is 0 Å². The highest BCUT2D eigenvalue weighted by Crippen LogP contribution is 2.48. The summed E-state index contributed by atoms with van der Waals surface area (Å²) in [5.74, 6) is 0. The lowest BCUT2D eigenvalue weighted by atomic mass is 9.74. The third-order valence-corrected chi connectivity index (χ3v) is 4.78. The highest BCUT2D eigenvalue weighted by molar-refractivity contribution is 6.33. The maximum absolute atomic E-state index is 11.0. The number of hydrogen-bond donors (Lipinski definition) is 1. The molecule has 0 aromatic heterocycles. The van der Waals surface area contributed by atoms with Gasteiger partial charge in [0.25, 0.3) is 0 Å². The molecule has 2 aliphatic rings. The van der Waals surface area contributed by atoms with Crippen LogP contribution in [0.4, 0.5) is 10.5 Å². The summed E-state index contributed by atoms with van der Waals surface area (Å²) in [4.78, 5) is 14.7. The number of likely N-dealkylation sites (tertiary alicyclic amines) is 1. The van der Waals surface area contributed by atoms with Gasteiger partial charge in [-0.05, 0) is 24.5 Å². The van der Waals surface area contributed by atoms with E-state index in [1.54, 1.807) is 0 Å². The lowest BCUT2D eigenvalue weighted by Crippen LogP contribution is -2.46. The van der Waals surface area contributed by atoms with Crippen LogP contribution < -0.4 is 4.90 Å². The van der Waals surface area contributed by atoms with E-state index in [1.165, 1.54) is 10.5 Å². The van der Waals surface area contributed by atoms with Gasteiger partial charge in [0.2, 0.25) is 0 Å². The Balaban J connectivity index is 1.93. The number of hydrogen-bond acceptors (Lipinski definition) is 2. The summed E-state index contributed by atoms with van der Waals surface area (Å²) in [6.07, 6.45) is 0.932. The Kier molecular flexibility index (Phi) is 2.86. The van der Waals surface area contributed by atoms with Gasteiger partial charge in [0.1, 0.15) is 0 Å². The molecule has 1 fully saturated rings. The zero-order valence-electron chi connectivity index (χ0n) is 10.9. The van der Waals surface area contributed by atoms with Crippen LogP contribution in [-0.2, 0) is 5.41 Å². The highest BCUT2D eigenvalue weighted by atomic mass is 35.5. The van der Waals surface area contributed by atoms with Gasteiger partial charge in [0.15, 0.2) is 0 Å². The van der Waals surface area contributed by atoms with Crippen LogP contribution in [0.3, 0.4) is 0 Å². The number of piperidine rings is 1. The normalized spacial score (nSPS) is 20.7. The zero-order valence-corrected chi connectivity index (χ0v) is 11.7. The quantitative estimate of drug-likeness (QED) is 0.795. The van der Waals surface area contributed by atoms with Crippen LogP contribution in [0.25, 0.3) is 0 Å². The van der Waals surface area contributed by atoms with Gasteiger partial charge in [0, 0.05) is 32.1 Å². The van der Waals surface area contributed by atoms with E-state index in [-0.39, 0.29) is 5.41 Å². The molecule has 1 N–H and O–H groups in total. The van der Waals surface area contributed by atoms with Gasteiger partial charge in [0.05, 0.1) is 10.7 Å². The number of likely N-dealkylation sites (N-methyl/N-ethyl adjacent to an activating group) is 1. The third kappa shape index (κ3) is 1.86. The second-order valence-corrected chi connectivity index (χ2v) is 5.95. The van der Waals surface area contributed by atoms with E-state index in [2.05, 4.69) is 18.0 Å². The van der Waals surface area contributed by atoms with Gasteiger partial charge < -0.3 is 14.9 Å². The Morgan fingerprint density at radius 1 is 1.37 bits per heavy atom. The largest absolute Gasteiger partial charge is 0.465 e. The molecule has 102 valence electrons. The fraction of sp³-hybridized carbons (Fsp3) is 0.500. The van der Waals surface area contributed by atoms with Gasteiger partial charge in [-0.1, -0.05) is 23.7 Å². The van der Waals surface area contributed by atoms with Gasteiger partial charge in [-0.2, -0.15) is 0 Å². The number of halogens is 1. The number of anilines is 1. The van der Waals surface area contributed by atoms with Crippen molar-refractivity contribution >= 4 is 23.4 Å². The van der Waals surface area contributed by atoms with Crippen LogP contribution >= 0.6 is 11.6 Å². The minimum Gasteiger partial charge on any atom is -0.465 e. The molecule has 1 aromatic rings. The van der Waals surface area contributed by atoms with Crippen molar-refractivity contribution in [2.75, 3.05) is 31.6 Å². The monoisotopic (exact) mass is 280 g/mol. The molecule has 5 heteroatoms. The first-order valence-electron chi connectivity index (χ1n) is 6.51. The molecule has 1 aromatic carbocycles. The van der Waals surface area contributed by atoms with E-state index in [4.69, 9.17) is 16.7 Å². The third-order valence-electron chi connectivity index (χ3n) is 4.47. The molecular weight excluding hydrogens is 264 g/mol. The molecule has 19 heavy (non-hydrogen) atoms. The lowest BCUT2D eigenvalue weighted by Gasteiger charge is -2.38. The summed E-state index contributed by atoms with van der Waals surface area (Å²) in [5, 5.41) is 9.84. The molecule has 0 unspecified atom stereocenters. The topological polar surface area (TPSA) is 43.8 Å². The number of carboxylic acid groups (broad SMARTS) is 1. The molecule has 0 bridgehead atoms. The Labute approximate surface area is 117 Å². The molecule has 3 rings (SSSR count). The molecule has 2 heterocycles. The molecule has 0 atom stereocenters. The fourth-order valence-electron chi connectivity index (χ4n) is 3.50. The van der Waals surface area contributed by atoms with E-state index in [9.17, 15) is 4.79 Å². The second-order valence-electron chi connectivity index (χ2n) is 5.54. The molecule has 0 aliphatic carbocycles. The first-order chi connectivity index (χ1) is 9.03. The SMILES string of the molecule is CN1CC2(CCN(C(=O)O)CC2)c2cccc(Cl)c21.